The molecule has 96 valence electrons. The van der Waals surface area contributed by atoms with Gasteiger partial charge in [0.25, 0.3) is 5.91 Å². The first kappa shape index (κ1) is 11.8. The standard InChI is InChI=1S/C16H16N2O/c1-17(2)14-9-8-12-11-18(16(19)15(12)10-14)13-6-4-3-5-7-13/h3-10H,11H2,1-2H3. The molecule has 0 aromatic heterocycles. The minimum atomic E-state index is 0.0879. The van der Waals surface area contributed by atoms with E-state index >= 15 is 0 Å². The lowest BCUT2D eigenvalue weighted by Gasteiger charge is -2.15. The van der Waals surface area contributed by atoms with Crippen molar-refractivity contribution >= 4 is 17.3 Å². The van der Waals surface area contributed by atoms with Gasteiger partial charge in [0.15, 0.2) is 0 Å². The number of amides is 1. The molecule has 0 aliphatic carbocycles. The topological polar surface area (TPSA) is 23.6 Å². The van der Waals surface area contributed by atoms with E-state index in [0.717, 1.165) is 22.5 Å². The van der Waals surface area contributed by atoms with Gasteiger partial charge in [-0.3, -0.25) is 4.79 Å². The van der Waals surface area contributed by atoms with Gasteiger partial charge in [-0.1, -0.05) is 24.3 Å². The largest absolute Gasteiger partial charge is 0.378 e. The van der Waals surface area contributed by atoms with Crippen LogP contribution in [0, 0.1) is 0 Å². The Bertz CT molecular complexity index is 620. The lowest BCUT2D eigenvalue weighted by atomic mass is 10.1. The Morgan fingerprint density at radius 3 is 2.47 bits per heavy atom. The molecule has 19 heavy (non-hydrogen) atoms. The van der Waals surface area contributed by atoms with E-state index in [1.807, 2.05) is 66.4 Å². The summed E-state index contributed by atoms with van der Waals surface area (Å²) in [5, 5.41) is 0. The Morgan fingerprint density at radius 2 is 1.79 bits per heavy atom. The minimum Gasteiger partial charge on any atom is -0.378 e. The Balaban J connectivity index is 1.98. The van der Waals surface area contributed by atoms with Gasteiger partial charge in [-0.25, -0.2) is 0 Å². The first-order valence-corrected chi connectivity index (χ1v) is 6.34. The van der Waals surface area contributed by atoms with Crippen molar-refractivity contribution in [1.29, 1.82) is 0 Å². The van der Waals surface area contributed by atoms with Gasteiger partial charge in [0.1, 0.15) is 0 Å². The molecule has 3 heteroatoms. The normalized spacial score (nSPS) is 13.6. The maximum Gasteiger partial charge on any atom is 0.259 e. The first-order valence-electron chi connectivity index (χ1n) is 6.34. The van der Waals surface area contributed by atoms with E-state index in [1.54, 1.807) is 0 Å². The van der Waals surface area contributed by atoms with Crippen LogP contribution in [0.5, 0.6) is 0 Å². The van der Waals surface area contributed by atoms with Crippen molar-refractivity contribution in [3.05, 3.63) is 59.7 Å². The number of hydrogen-bond acceptors (Lipinski definition) is 2. The molecule has 0 fully saturated rings. The summed E-state index contributed by atoms with van der Waals surface area (Å²) in [6.45, 7) is 0.659. The van der Waals surface area contributed by atoms with E-state index in [4.69, 9.17) is 0 Å². The monoisotopic (exact) mass is 252 g/mol. The second kappa shape index (κ2) is 4.43. The van der Waals surface area contributed by atoms with Crippen molar-refractivity contribution in [3.8, 4) is 0 Å². The molecule has 0 spiro atoms. The third kappa shape index (κ3) is 1.97. The molecule has 0 radical (unpaired) electrons. The molecule has 1 amide bonds. The molecule has 1 aliphatic rings. The highest BCUT2D eigenvalue weighted by atomic mass is 16.2. The van der Waals surface area contributed by atoms with Gasteiger partial charge < -0.3 is 9.80 Å². The van der Waals surface area contributed by atoms with E-state index < -0.39 is 0 Å². The number of benzene rings is 2. The van der Waals surface area contributed by atoms with Crippen molar-refractivity contribution < 1.29 is 4.79 Å². The van der Waals surface area contributed by atoms with Crippen molar-refractivity contribution in [2.24, 2.45) is 0 Å². The summed E-state index contributed by atoms with van der Waals surface area (Å²) >= 11 is 0. The highest BCUT2D eigenvalue weighted by Gasteiger charge is 2.28. The van der Waals surface area contributed by atoms with Crippen LogP contribution in [0.1, 0.15) is 15.9 Å². The van der Waals surface area contributed by atoms with Crippen LogP contribution in [0.4, 0.5) is 11.4 Å². The van der Waals surface area contributed by atoms with Crippen LogP contribution in [0.2, 0.25) is 0 Å². The number of rotatable bonds is 2. The summed E-state index contributed by atoms with van der Waals surface area (Å²) < 4.78 is 0. The van der Waals surface area contributed by atoms with Gasteiger partial charge in [0.2, 0.25) is 0 Å². The van der Waals surface area contributed by atoms with Crippen LogP contribution in [0.25, 0.3) is 0 Å². The van der Waals surface area contributed by atoms with E-state index in [9.17, 15) is 4.79 Å². The third-order valence-electron chi connectivity index (χ3n) is 3.48. The van der Waals surface area contributed by atoms with Crippen LogP contribution < -0.4 is 9.80 Å². The predicted octanol–water partition coefficient (Wildman–Crippen LogP) is 2.91. The first-order chi connectivity index (χ1) is 9.16. The molecule has 0 atom stereocenters. The van der Waals surface area contributed by atoms with E-state index in [-0.39, 0.29) is 5.91 Å². The molecule has 0 unspecified atom stereocenters. The Hall–Kier alpha value is -2.29. The molecule has 0 saturated carbocycles. The van der Waals surface area contributed by atoms with Gasteiger partial charge in [-0.05, 0) is 29.8 Å². The van der Waals surface area contributed by atoms with Crippen molar-refractivity contribution in [3.63, 3.8) is 0 Å². The lowest BCUT2D eigenvalue weighted by Crippen LogP contribution is -2.22. The van der Waals surface area contributed by atoms with Gasteiger partial charge in [-0.2, -0.15) is 0 Å². The smallest absolute Gasteiger partial charge is 0.259 e. The van der Waals surface area contributed by atoms with Gasteiger partial charge >= 0.3 is 0 Å². The summed E-state index contributed by atoms with van der Waals surface area (Å²) in [6, 6.07) is 15.9. The minimum absolute atomic E-state index is 0.0879. The van der Waals surface area contributed by atoms with Crippen LogP contribution in [0.3, 0.4) is 0 Å². The summed E-state index contributed by atoms with van der Waals surface area (Å²) in [4.78, 5) is 16.3. The zero-order valence-electron chi connectivity index (χ0n) is 11.1. The van der Waals surface area contributed by atoms with Crippen molar-refractivity contribution in [2.75, 3.05) is 23.9 Å². The van der Waals surface area contributed by atoms with Gasteiger partial charge in [0, 0.05) is 31.0 Å². The lowest BCUT2D eigenvalue weighted by molar-refractivity contribution is 0.0996. The highest BCUT2D eigenvalue weighted by Crippen LogP contribution is 2.30. The summed E-state index contributed by atoms with van der Waals surface area (Å²) in [6.07, 6.45) is 0. The van der Waals surface area contributed by atoms with Crippen LogP contribution >= 0.6 is 0 Å². The summed E-state index contributed by atoms with van der Waals surface area (Å²) in [5.74, 6) is 0.0879. The fourth-order valence-corrected chi connectivity index (χ4v) is 2.38. The summed E-state index contributed by atoms with van der Waals surface area (Å²) in [5.41, 5.74) is 3.92. The number of carbonyl (C=O) groups excluding carboxylic acids is 1. The second-order valence-electron chi connectivity index (χ2n) is 4.96. The van der Waals surface area contributed by atoms with Crippen molar-refractivity contribution in [2.45, 2.75) is 6.54 Å². The number of hydrogen-bond donors (Lipinski definition) is 0. The third-order valence-corrected chi connectivity index (χ3v) is 3.48. The van der Waals surface area contributed by atoms with Gasteiger partial charge in [0.05, 0.1) is 6.54 Å². The average molecular weight is 252 g/mol. The Labute approximate surface area is 113 Å². The zero-order chi connectivity index (χ0) is 13.4. The number of fused-ring (bicyclic) bond motifs is 1. The fraction of sp³-hybridized carbons (Fsp3) is 0.188. The van der Waals surface area contributed by atoms with E-state index in [1.165, 1.54) is 0 Å². The van der Waals surface area contributed by atoms with Gasteiger partial charge in [-0.15, -0.1) is 0 Å². The SMILES string of the molecule is CN(C)c1ccc2c(c1)C(=O)N(c1ccccc1)C2. The maximum atomic E-state index is 12.5. The second-order valence-corrected chi connectivity index (χ2v) is 4.96. The van der Waals surface area contributed by atoms with Crippen LogP contribution in [-0.2, 0) is 6.54 Å². The number of para-hydroxylation sites is 1. The molecule has 3 rings (SSSR count). The van der Waals surface area contributed by atoms with Crippen LogP contribution in [-0.4, -0.2) is 20.0 Å². The Kier molecular flexibility index (Phi) is 2.75. The Morgan fingerprint density at radius 1 is 1.05 bits per heavy atom. The van der Waals surface area contributed by atoms with Crippen molar-refractivity contribution in [1.82, 2.24) is 0 Å². The maximum absolute atomic E-state index is 12.5. The summed E-state index contributed by atoms with van der Waals surface area (Å²) in [7, 11) is 3.96. The molecule has 1 heterocycles. The average Bonchev–Trinajstić information content (AvgIpc) is 2.77. The molecular formula is C16H16N2O. The predicted molar refractivity (Wildman–Crippen MR) is 77.7 cm³/mol. The molecule has 3 nitrogen and oxygen atoms in total. The molecule has 0 bridgehead atoms. The number of carbonyl (C=O) groups is 1. The number of nitrogens with zero attached hydrogens (tertiary/aromatic N) is 2. The molecule has 0 saturated heterocycles. The van der Waals surface area contributed by atoms with E-state index in [2.05, 4.69) is 6.07 Å². The molecule has 2 aromatic rings. The highest BCUT2D eigenvalue weighted by molar-refractivity contribution is 6.10. The number of anilines is 2. The fourth-order valence-electron chi connectivity index (χ4n) is 2.38. The molecule has 1 aliphatic heterocycles. The zero-order valence-corrected chi connectivity index (χ0v) is 11.1. The molecule has 0 N–H and O–H groups in total. The van der Waals surface area contributed by atoms with Crippen LogP contribution in [0.15, 0.2) is 48.5 Å². The molecular weight excluding hydrogens is 236 g/mol. The quantitative estimate of drug-likeness (QED) is 0.820. The molecule has 2 aromatic carbocycles. The van der Waals surface area contributed by atoms with E-state index in [0.29, 0.717) is 6.54 Å².